The van der Waals surface area contributed by atoms with Crippen LogP contribution in [-0.4, -0.2) is 12.1 Å². The number of ether oxygens (including phenoxy) is 2. The quantitative estimate of drug-likeness (QED) is 0.889. The normalized spacial score (nSPS) is 10.4. The summed E-state index contributed by atoms with van der Waals surface area (Å²) < 4.78 is 11.9. The Bertz CT molecular complexity index is 608. The first-order valence-electron chi connectivity index (χ1n) is 5.92. The predicted octanol–water partition coefficient (Wildman–Crippen LogP) is 3.54. The molecule has 20 heavy (non-hydrogen) atoms. The molecule has 0 saturated carbocycles. The molecule has 4 nitrogen and oxygen atoms in total. The third-order valence-corrected chi connectivity index (χ3v) is 3.38. The maximum Gasteiger partial charge on any atom is 0.180 e. The van der Waals surface area contributed by atoms with Crippen LogP contribution in [0.3, 0.4) is 0 Å². The number of hydrogen-bond acceptors (Lipinski definition) is 4. The minimum atomic E-state index is 0.352. The van der Waals surface area contributed by atoms with Crippen LogP contribution in [0.2, 0.25) is 5.02 Å². The molecule has 0 aliphatic heterocycles. The fourth-order valence-corrected chi connectivity index (χ4v) is 2.42. The van der Waals surface area contributed by atoms with Gasteiger partial charge in [0.25, 0.3) is 0 Å². The fourth-order valence-electron chi connectivity index (χ4n) is 1.72. The van der Waals surface area contributed by atoms with E-state index in [2.05, 4.69) is 20.9 Å². The lowest BCUT2D eigenvalue weighted by Crippen LogP contribution is -2.02. The van der Waals surface area contributed by atoms with Crippen molar-refractivity contribution < 1.29 is 9.47 Å². The molecular weight excluding hydrogens is 344 g/mol. The summed E-state index contributed by atoms with van der Waals surface area (Å²) in [6, 6.07) is 5.53. The van der Waals surface area contributed by atoms with E-state index in [1.807, 2.05) is 12.1 Å². The monoisotopic (exact) mass is 356 g/mol. The zero-order valence-electron chi connectivity index (χ0n) is 10.9. The average Bonchev–Trinajstić information content (AvgIpc) is 2.45. The van der Waals surface area contributed by atoms with E-state index < -0.39 is 0 Å². The molecule has 0 spiro atoms. The van der Waals surface area contributed by atoms with Crippen molar-refractivity contribution in [3.8, 4) is 11.5 Å². The number of halogens is 2. The van der Waals surface area contributed by atoms with Crippen LogP contribution in [0.1, 0.15) is 11.1 Å². The van der Waals surface area contributed by atoms with Crippen LogP contribution in [0.25, 0.3) is 0 Å². The lowest BCUT2D eigenvalue weighted by atomic mass is 10.2. The Balaban J connectivity index is 2.20. The van der Waals surface area contributed by atoms with Crippen molar-refractivity contribution >= 4 is 27.5 Å². The molecule has 2 aromatic rings. The van der Waals surface area contributed by atoms with E-state index in [0.29, 0.717) is 29.7 Å². The number of pyridine rings is 1. The highest BCUT2D eigenvalue weighted by molar-refractivity contribution is 9.10. The van der Waals surface area contributed by atoms with Crippen molar-refractivity contribution in [2.45, 2.75) is 13.2 Å². The number of methoxy groups -OCH3 is 1. The van der Waals surface area contributed by atoms with E-state index in [4.69, 9.17) is 26.8 Å². The number of nitrogens with zero attached hydrogens (tertiary/aromatic N) is 1. The minimum absolute atomic E-state index is 0.352. The van der Waals surface area contributed by atoms with Crippen molar-refractivity contribution in [3.05, 3.63) is 51.2 Å². The summed E-state index contributed by atoms with van der Waals surface area (Å²) in [5.74, 6) is 1.08. The SMILES string of the molecule is COc1cc(CN)cc(Cl)c1OCc1cncc(Br)c1. The van der Waals surface area contributed by atoms with Gasteiger partial charge in [-0.1, -0.05) is 11.6 Å². The van der Waals surface area contributed by atoms with Gasteiger partial charge in [-0.05, 0) is 39.7 Å². The molecule has 6 heteroatoms. The Kier molecular flexibility index (Phi) is 5.23. The van der Waals surface area contributed by atoms with Crippen molar-refractivity contribution in [2.75, 3.05) is 7.11 Å². The second kappa shape index (κ2) is 6.92. The Morgan fingerprint density at radius 3 is 2.70 bits per heavy atom. The minimum Gasteiger partial charge on any atom is -0.493 e. The van der Waals surface area contributed by atoms with Crippen LogP contribution in [0, 0.1) is 0 Å². The average molecular weight is 358 g/mol. The highest BCUT2D eigenvalue weighted by Crippen LogP contribution is 2.36. The van der Waals surface area contributed by atoms with Gasteiger partial charge in [0.05, 0.1) is 12.1 Å². The van der Waals surface area contributed by atoms with E-state index in [1.165, 1.54) is 0 Å². The molecule has 0 amide bonds. The topological polar surface area (TPSA) is 57.4 Å². The Morgan fingerprint density at radius 1 is 1.25 bits per heavy atom. The lowest BCUT2D eigenvalue weighted by molar-refractivity contribution is 0.284. The third kappa shape index (κ3) is 3.62. The largest absolute Gasteiger partial charge is 0.493 e. The fraction of sp³-hybridized carbons (Fsp3) is 0.214. The molecule has 1 heterocycles. The van der Waals surface area contributed by atoms with Gasteiger partial charge in [-0.15, -0.1) is 0 Å². The van der Waals surface area contributed by atoms with E-state index in [0.717, 1.165) is 15.6 Å². The summed E-state index contributed by atoms with van der Waals surface area (Å²) in [7, 11) is 1.57. The molecule has 1 aromatic carbocycles. The first-order chi connectivity index (χ1) is 9.63. The Morgan fingerprint density at radius 2 is 2.05 bits per heavy atom. The van der Waals surface area contributed by atoms with Gasteiger partial charge in [0.15, 0.2) is 11.5 Å². The highest BCUT2D eigenvalue weighted by atomic mass is 79.9. The number of benzene rings is 1. The maximum absolute atomic E-state index is 6.20. The van der Waals surface area contributed by atoms with Crippen LogP contribution >= 0.6 is 27.5 Å². The van der Waals surface area contributed by atoms with E-state index in [9.17, 15) is 0 Å². The second-order valence-corrected chi connectivity index (χ2v) is 5.44. The van der Waals surface area contributed by atoms with Gasteiger partial charge in [0.1, 0.15) is 6.61 Å². The molecule has 2 rings (SSSR count). The van der Waals surface area contributed by atoms with Crippen molar-refractivity contribution in [1.82, 2.24) is 4.98 Å². The van der Waals surface area contributed by atoms with Crippen LogP contribution in [-0.2, 0) is 13.2 Å². The third-order valence-electron chi connectivity index (χ3n) is 2.67. The van der Waals surface area contributed by atoms with E-state index in [-0.39, 0.29) is 0 Å². The lowest BCUT2D eigenvalue weighted by Gasteiger charge is -2.13. The first-order valence-corrected chi connectivity index (χ1v) is 7.10. The van der Waals surface area contributed by atoms with Gasteiger partial charge >= 0.3 is 0 Å². The molecule has 0 unspecified atom stereocenters. The summed E-state index contributed by atoms with van der Waals surface area (Å²) in [6.45, 7) is 0.746. The summed E-state index contributed by atoms with van der Waals surface area (Å²) in [5, 5.41) is 0.479. The molecule has 0 fully saturated rings. The van der Waals surface area contributed by atoms with Gasteiger partial charge in [-0.25, -0.2) is 0 Å². The standard InChI is InChI=1S/C14H14BrClN2O2/c1-19-13-4-9(5-17)3-12(16)14(13)20-8-10-2-11(15)7-18-6-10/h2-4,6-7H,5,8,17H2,1H3. The van der Waals surface area contributed by atoms with Gasteiger partial charge in [-0.2, -0.15) is 0 Å². The number of aromatic nitrogens is 1. The summed E-state index contributed by atoms with van der Waals surface area (Å²) >= 11 is 9.57. The molecule has 0 aliphatic rings. The maximum atomic E-state index is 6.20. The number of nitrogens with two attached hydrogens (primary N) is 1. The molecule has 0 radical (unpaired) electrons. The van der Waals surface area contributed by atoms with Crippen LogP contribution in [0.5, 0.6) is 11.5 Å². The predicted molar refractivity (Wildman–Crippen MR) is 82.2 cm³/mol. The second-order valence-electron chi connectivity index (χ2n) is 4.11. The summed E-state index contributed by atoms with van der Waals surface area (Å²) in [6.07, 6.45) is 3.45. The zero-order valence-corrected chi connectivity index (χ0v) is 13.2. The van der Waals surface area contributed by atoms with Crippen LogP contribution < -0.4 is 15.2 Å². The number of rotatable bonds is 5. The molecule has 1 aromatic heterocycles. The zero-order chi connectivity index (χ0) is 14.5. The van der Waals surface area contributed by atoms with Gasteiger partial charge < -0.3 is 15.2 Å². The molecule has 0 aliphatic carbocycles. The number of hydrogen-bond donors (Lipinski definition) is 1. The highest BCUT2D eigenvalue weighted by Gasteiger charge is 2.12. The van der Waals surface area contributed by atoms with Gasteiger partial charge in [-0.3, -0.25) is 4.98 Å². The van der Waals surface area contributed by atoms with Crippen molar-refractivity contribution in [2.24, 2.45) is 5.73 Å². The molecule has 0 atom stereocenters. The molecule has 106 valence electrons. The summed E-state index contributed by atoms with van der Waals surface area (Å²) in [5.41, 5.74) is 7.43. The van der Waals surface area contributed by atoms with E-state index in [1.54, 1.807) is 25.6 Å². The molecule has 0 bridgehead atoms. The van der Waals surface area contributed by atoms with Crippen molar-refractivity contribution in [3.63, 3.8) is 0 Å². The van der Waals surface area contributed by atoms with E-state index >= 15 is 0 Å². The van der Waals surface area contributed by atoms with Crippen LogP contribution in [0.4, 0.5) is 0 Å². The Hall–Kier alpha value is -1.30. The smallest absolute Gasteiger partial charge is 0.180 e. The first kappa shape index (κ1) is 15.1. The molecule has 2 N–H and O–H groups in total. The van der Waals surface area contributed by atoms with Gasteiger partial charge in [0.2, 0.25) is 0 Å². The molecular formula is C14H14BrClN2O2. The molecule has 0 saturated heterocycles. The summed E-state index contributed by atoms with van der Waals surface area (Å²) in [4.78, 5) is 4.08. The van der Waals surface area contributed by atoms with Crippen LogP contribution in [0.15, 0.2) is 35.1 Å². The van der Waals surface area contributed by atoms with Gasteiger partial charge in [0, 0.05) is 29.0 Å². The Labute approximate surface area is 131 Å². The van der Waals surface area contributed by atoms with Crippen molar-refractivity contribution in [1.29, 1.82) is 0 Å².